The van der Waals surface area contributed by atoms with Gasteiger partial charge in [0.15, 0.2) is 0 Å². The maximum Gasteiger partial charge on any atom is 0.00648 e. The predicted molar refractivity (Wildman–Crippen MR) is 65.2 cm³/mol. The fourth-order valence-corrected chi connectivity index (χ4v) is 2.59. The lowest BCUT2D eigenvalue weighted by molar-refractivity contribution is 0.510. The topological polar surface area (TPSA) is 12.0 Å². The van der Waals surface area contributed by atoms with Gasteiger partial charge in [0.2, 0.25) is 0 Å². The molecular formula is C12H21NS. The lowest BCUT2D eigenvalue weighted by Crippen LogP contribution is -2.24. The second-order valence-electron chi connectivity index (χ2n) is 3.65. The van der Waals surface area contributed by atoms with Gasteiger partial charge in [0.05, 0.1) is 0 Å². The lowest BCUT2D eigenvalue weighted by atomic mass is 10.1. The van der Waals surface area contributed by atoms with Gasteiger partial charge < -0.3 is 5.32 Å². The molecule has 80 valence electrons. The number of aryl methyl sites for hydroxylation is 2. The van der Waals surface area contributed by atoms with Crippen LogP contribution in [0, 0.1) is 0 Å². The molecule has 14 heavy (non-hydrogen) atoms. The van der Waals surface area contributed by atoms with Crippen molar-refractivity contribution in [1.29, 1.82) is 0 Å². The summed E-state index contributed by atoms with van der Waals surface area (Å²) in [6.07, 6.45) is 4.89. The maximum absolute atomic E-state index is 3.35. The zero-order valence-electron chi connectivity index (χ0n) is 9.47. The van der Waals surface area contributed by atoms with Gasteiger partial charge in [0.25, 0.3) is 0 Å². The largest absolute Gasteiger partial charge is 0.317 e. The number of rotatable bonds is 6. The molecule has 1 heterocycles. The summed E-state index contributed by atoms with van der Waals surface area (Å²) in [6.45, 7) is 4.46. The van der Waals surface area contributed by atoms with Crippen LogP contribution in [0.3, 0.4) is 0 Å². The Balaban J connectivity index is 2.37. The number of thiophene rings is 1. The van der Waals surface area contributed by atoms with Crippen LogP contribution in [0.1, 0.15) is 36.4 Å². The van der Waals surface area contributed by atoms with Gasteiger partial charge in [-0.1, -0.05) is 13.8 Å². The van der Waals surface area contributed by atoms with E-state index in [1.807, 2.05) is 11.3 Å². The van der Waals surface area contributed by atoms with E-state index < -0.39 is 0 Å². The van der Waals surface area contributed by atoms with Crippen LogP contribution in [0.25, 0.3) is 0 Å². The first kappa shape index (κ1) is 11.7. The SMILES string of the molecule is CCc1ccc(CCC(CC)NC)s1. The van der Waals surface area contributed by atoms with Crippen molar-refractivity contribution in [3.63, 3.8) is 0 Å². The molecule has 0 radical (unpaired) electrons. The molecule has 0 aliphatic carbocycles. The molecule has 0 aromatic carbocycles. The third-order valence-electron chi connectivity index (χ3n) is 2.71. The average molecular weight is 211 g/mol. The van der Waals surface area contributed by atoms with E-state index in [0.29, 0.717) is 6.04 Å². The summed E-state index contributed by atoms with van der Waals surface area (Å²) in [6, 6.07) is 5.23. The van der Waals surface area contributed by atoms with Gasteiger partial charge >= 0.3 is 0 Å². The van der Waals surface area contributed by atoms with Gasteiger partial charge in [-0.25, -0.2) is 0 Å². The van der Waals surface area contributed by atoms with Crippen molar-refractivity contribution < 1.29 is 0 Å². The fraction of sp³-hybridized carbons (Fsp3) is 0.667. The van der Waals surface area contributed by atoms with Crippen LogP contribution in [0.4, 0.5) is 0 Å². The Hall–Kier alpha value is -0.340. The van der Waals surface area contributed by atoms with E-state index in [1.165, 1.54) is 35.4 Å². The molecule has 2 heteroatoms. The highest BCUT2D eigenvalue weighted by Crippen LogP contribution is 2.19. The van der Waals surface area contributed by atoms with Crippen molar-refractivity contribution in [2.75, 3.05) is 7.05 Å². The first-order valence-electron chi connectivity index (χ1n) is 5.55. The highest BCUT2D eigenvalue weighted by molar-refractivity contribution is 7.11. The number of hydrogen-bond donors (Lipinski definition) is 1. The van der Waals surface area contributed by atoms with Crippen molar-refractivity contribution in [1.82, 2.24) is 5.32 Å². The molecule has 1 aromatic heterocycles. The first-order chi connectivity index (χ1) is 6.80. The predicted octanol–water partition coefficient (Wildman–Crippen LogP) is 3.24. The summed E-state index contributed by atoms with van der Waals surface area (Å²) in [7, 11) is 2.06. The minimum absolute atomic E-state index is 0.683. The van der Waals surface area contributed by atoms with Crippen LogP contribution in [-0.4, -0.2) is 13.1 Å². The monoisotopic (exact) mass is 211 g/mol. The summed E-state index contributed by atoms with van der Waals surface area (Å²) < 4.78 is 0. The van der Waals surface area contributed by atoms with Crippen LogP contribution in [0.2, 0.25) is 0 Å². The molecule has 1 unspecified atom stereocenters. The highest BCUT2D eigenvalue weighted by atomic mass is 32.1. The number of nitrogens with one attached hydrogen (secondary N) is 1. The molecule has 1 N–H and O–H groups in total. The lowest BCUT2D eigenvalue weighted by Gasteiger charge is -2.12. The quantitative estimate of drug-likeness (QED) is 0.761. The molecule has 1 rings (SSSR count). The third-order valence-corrected chi connectivity index (χ3v) is 4.00. The van der Waals surface area contributed by atoms with E-state index in [9.17, 15) is 0 Å². The second kappa shape index (κ2) is 6.20. The maximum atomic E-state index is 3.35. The minimum atomic E-state index is 0.683. The van der Waals surface area contributed by atoms with Gasteiger partial charge in [-0.15, -0.1) is 11.3 Å². The zero-order valence-corrected chi connectivity index (χ0v) is 10.3. The summed E-state index contributed by atoms with van der Waals surface area (Å²) in [5.41, 5.74) is 0. The van der Waals surface area contributed by atoms with Gasteiger partial charge in [0, 0.05) is 15.8 Å². The molecule has 0 spiro atoms. The van der Waals surface area contributed by atoms with E-state index in [4.69, 9.17) is 0 Å². The summed E-state index contributed by atoms with van der Waals surface area (Å²) in [4.78, 5) is 3.05. The van der Waals surface area contributed by atoms with Gasteiger partial charge in [-0.2, -0.15) is 0 Å². The molecular weight excluding hydrogens is 190 g/mol. The minimum Gasteiger partial charge on any atom is -0.317 e. The van der Waals surface area contributed by atoms with Crippen LogP contribution < -0.4 is 5.32 Å². The summed E-state index contributed by atoms with van der Waals surface area (Å²) >= 11 is 1.97. The Morgan fingerprint density at radius 1 is 1.29 bits per heavy atom. The average Bonchev–Trinajstić information content (AvgIpc) is 2.67. The van der Waals surface area contributed by atoms with Crippen LogP contribution >= 0.6 is 11.3 Å². The Morgan fingerprint density at radius 3 is 2.50 bits per heavy atom. The van der Waals surface area contributed by atoms with E-state index in [1.54, 1.807) is 0 Å². The molecule has 0 saturated carbocycles. The van der Waals surface area contributed by atoms with Crippen molar-refractivity contribution >= 4 is 11.3 Å². The Bertz CT molecular complexity index is 251. The summed E-state index contributed by atoms with van der Waals surface area (Å²) in [5, 5.41) is 3.35. The van der Waals surface area contributed by atoms with E-state index in [2.05, 4.69) is 38.3 Å². The fourth-order valence-electron chi connectivity index (χ4n) is 1.62. The summed E-state index contributed by atoms with van der Waals surface area (Å²) in [5.74, 6) is 0. The van der Waals surface area contributed by atoms with E-state index in [-0.39, 0.29) is 0 Å². The van der Waals surface area contributed by atoms with Crippen molar-refractivity contribution in [3.8, 4) is 0 Å². The molecule has 0 fully saturated rings. The van der Waals surface area contributed by atoms with E-state index in [0.717, 1.165) is 0 Å². The Labute approximate surface area is 91.5 Å². The molecule has 0 aliphatic heterocycles. The van der Waals surface area contributed by atoms with Crippen molar-refractivity contribution in [2.45, 2.75) is 45.6 Å². The zero-order chi connectivity index (χ0) is 10.4. The Morgan fingerprint density at radius 2 is 2.00 bits per heavy atom. The standard InChI is InChI=1S/C12H21NS/c1-4-10(13-3)6-7-12-9-8-11(5-2)14-12/h8-10,13H,4-7H2,1-3H3. The van der Waals surface area contributed by atoms with Gasteiger partial charge in [0.1, 0.15) is 0 Å². The van der Waals surface area contributed by atoms with E-state index >= 15 is 0 Å². The van der Waals surface area contributed by atoms with Gasteiger partial charge in [-0.05, 0) is 44.9 Å². The molecule has 0 bridgehead atoms. The van der Waals surface area contributed by atoms with Crippen LogP contribution in [0.15, 0.2) is 12.1 Å². The highest BCUT2D eigenvalue weighted by Gasteiger charge is 2.04. The molecule has 1 atom stereocenters. The first-order valence-corrected chi connectivity index (χ1v) is 6.36. The smallest absolute Gasteiger partial charge is 0.00648 e. The normalized spacial score (nSPS) is 13.1. The molecule has 1 aromatic rings. The van der Waals surface area contributed by atoms with Crippen LogP contribution in [0.5, 0.6) is 0 Å². The van der Waals surface area contributed by atoms with Crippen molar-refractivity contribution in [3.05, 3.63) is 21.9 Å². The van der Waals surface area contributed by atoms with Gasteiger partial charge in [-0.3, -0.25) is 0 Å². The number of hydrogen-bond acceptors (Lipinski definition) is 2. The van der Waals surface area contributed by atoms with Crippen molar-refractivity contribution in [2.24, 2.45) is 0 Å². The molecule has 0 amide bonds. The second-order valence-corrected chi connectivity index (χ2v) is 4.91. The molecule has 1 nitrogen and oxygen atoms in total. The third kappa shape index (κ3) is 3.43. The molecule has 0 aliphatic rings. The molecule has 0 saturated heterocycles. The van der Waals surface area contributed by atoms with Crippen LogP contribution in [-0.2, 0) is 12.8 Å². The Kier molecular flexibility index (Phi) is 5.20.